The predicted molar refractivity (Wildman–Crippen MR) is 85.7 cm³/mol. The number of sulfonamides is 1. The van der Waals surface area contributed by atoms with Gasteiger partial charge in [0.15, 0.2) is 0 Å². The van der Waals surface area contributed by atoms with Crippen LogP contribution in [0.2, 0.25) is 0 Å². The Balaban J connectivity index is 2.13. The number of hydrogen-bond acceptors (Lipinski definition) is 3. The van der Waals surface area contributed by atoms with Crippen LogP contribution < -0.4 is 10.0 Å². The van der Waals surface area contributed by atoms with Gasteiger partial charge >= 0.3 is 0 Å². The fraction of sp³-hybridized carbons (Fsp3) is 0.188. The molecule has 2 N–H and O–H groups in total. The van der Waals surface area contributed by atoms with Crippen molar-refractivity contribution in [2.75, 3.05) is 7.05 Å². The molecule has 0 aliphatic carbocycles. The zero-order valence-electron chi connectivity index (χ0n) is 12.8. The molecule has 128 valence electrons. The molecule has 0 heterocycles. The summed E-state index contributed by atoms with van der Waals surface area (Å²) in [5.74, 6) is -2.58. The van der Waals surface area contributed by atoms with E-state index in [1.165, 1.54) is 7.05 Å². The largest absolute Gasteiger partial charge is 0.348 e. The van der Waals surface area contributed by atoms with Gasteiger partial charge in [0.05, 0.1) is 5.75 Å². The van der Waals surface area contributed by atoms with Crippen LogP contribution in [0.1, 0.15) is 21.5 Å². The first-order chi connectivity index (χ1) is 11.3. The van der Waals surface area contributed by atoms with E-state index in [-0.39, 0.29) is 17.9 Å². The molecule has 0 aliphatic rings. The topological polar surface area (TPSA) is 75.3 Å². The second-order valence-corrected chi connectivity index (χ2v) is 7.00. The molecule has 0 spiro atoms. The predicted octanol–water partition coefficient (Wildman–Crippen LogP) is 1.94. The van der Waals surface area contributed by atoms with Crippen LogP contribution in [0.15, 0.2) is 42.5 Å². The molecular formula is C16H16F2N2O3S. The Morgan fingerprint density at radius 2 is 1.62 bits per heavy atom. The average molecular weight is 354 g/mol. The van der Waals surface area contributed by atoms with Crippen molar-refractivity contribution < 1.29 is 22.0 Å². The van der Waals surface area contributed by atoms with E-state index in [4.69, 9.17) is 0 Å². The average Bonchev–Trinajstić information content (AvgIpc) is 2.52. The number of hydrogen-bond donors (Lipinski definition) is 2. The van der Waals surface area contributed by atoms with Gasteiger partial charge in [0.25, 0.3) is 5.91 Å². The van der Waals surface area contributed by atoms with E-state index in [1.54, 1.807) is 24.3 Å². The fourth-order valence-corrected chi connectivity index (χ4v) is 2.95. The van der Waals surface area contributed by atoms with Crippen LogP contribution in [0, 0.1) is 11.6 Å². The van der Waals surface area contributed by atoms with E-state index < -0.39 is 27.6 Å². The molecule has 0 aromatic heterocycles. The number of benzene rings is 2. The number of amides is 1. The number of carbonyl (C=O) groups excluding carboxylic acids is 1. The molecule has 0 aliphatic heterocycles. The van der Waals surface area contributed by atoms with Crippen LogP contribution in [0.5, 0.6) is 0 Å². The van der Waals surface area contributed by atoms with Crippen LogP contribution in [0.3, 0.4) is 0 Å². The van der Waals surface area contributed by atoms with E-state index in [9.17, 15) is 22.0 Å². The third-order valence-corrected chi connectivity index (χ3v) is 4.65. The molecular weight excluding hydrogens is 338 g/mol. The highest BCUT2D eigenvalue weighted by atomic mass is 32.2. The van der Waals surface area contributed by atoms with Crippen LogP contribution in [-0.4, -0.2) is 21.4 Å². The van der Waals surface area contributed by atoms with Gasteiger partial charge < -0.3 is 5.32 Å². The summed E-state index contributed by atoms with van der Waals surface area (Å²) in [6.45, 7) is 0.0341. The lowest BCUT2D eigenvalue weighted by atomic mass is 10.1. The maximum atomic E-state index is 13.1. The van der Waals surface area contributed by atoms with Gasteiger partial charge in [0, 0.05) is 18.2 Å². The Bertz CT molecular complexity index is 834. The Morgan fingerprint density at radius 3 is 2.21 bits per heavy atom. The Morgan fingerprint density at radius 1 is 1.04 bits per heavy atom. The molecule has 5 nitrogen and oxygen atoms in total. The Labute approximate surface area is 138 Å². The minimum absolute atomic E-state index is 0.0341. The molecule has 2 aromatic rings. The standard InChI is InChI=1S/C16H16F2N2O3S/c1-19-24(22,23)10-12-5-3-2-4-11(12)9-20-16(21)13-6-14(17)8-15(18)7-13/h2-8,19H,9-10H2,1H3,(H,20,21). The number of nitrogens with one attached hydrogen (secondary N) is 2. The van der Waals surface area contributed by atoms with E-state index in [0.29, 0.717) is 17.2 Å². The first kappa shape index (κ1) is 18.0. The molecule has 2 rings (SSSR count). The van der Waals surface area contributed by atoms with E-state index in [2.05, 4.69) is 10.0 Å². The van der Waals surface area contributed by atoms with Crippen molar-refractivity contribution in [1.82, 2.24) is 10.0 Å². The molecule has 0 radical (unpaired) electrons. The first-order valence-corrected chi connectivity index (χ1v) is 8.68. The Hall–Kier alpha value is -2.32. The summed E-state index contributed by atoms with van der Waals surface area (Å²) in [5.41, 5.74) is 0.979. The van der Waals surface area contributed by atoms with E-state index >= 15 is 0 Å². The maximum Gasteiger partial charge on any atom is 0.251 e. The Kier molecular flexibility index (Phi) is 5.63. The maximum absolute atomic E-state index is 13.1. The third kappa shape index (κ3) is 4.84. The highest BCUT2D eigenvalue weighted by Gasteiger charge is 2.13. The van der Waals surface area contributed by atoms with Crippen molar-refractivity contribution in [1.29, 1.82) is 0 Å². The summed E-state index contributed by atoms with van der Waals surface area (Å²) in [4.78, 5) is 12.0. The summed E-state index contributed by atoms with van der Waals surface area (Å²) >= 11 is 0. The third-order valence-electron chi connectivity index (χ3n) is 3.34. The van der Waals surface area contributed by atoms with E-state index in [1.807, 2.05) is 0 Å². The van der Waals surface area contributed by atoms with Gasteiger partial charge in [0.1, 0.15) is 11.6 Å². The van der Waals surface area contributed by atoms with E-state index in [0.717, 1.165) is 12.1 Å². The minimum Gasteiger partial charge on any atom is -0.348 e. The molecule has 0 bridgehead atoms. The molecule has 2 aromatic carbocycles. The van der Waals surface area contributed by atoms with Crippen LogP contribution in [0.25, 0.3) is 0 Å². The van der Waals surface area contributed by atoms with Gasteiger partial charge in [-0.3, -0.25) is 4.79 Å². The van der Waals surface area contributed by atoms with Gasteiger partial charge in [-0.1, -0.05) is 24.3 Å². The smallest absolute Gasteiger partial charge is 0.251 e. The zero-order chi connectivity index (χ0) is 17.7. The van der Waals surface area contributed by atoms with Crippen molar-refractivity contribution in [2.45, 2.75) is 12.3 Å². The van der Waals surface area contributed by atoms with Crippen molar-refractivity contribution >= 4 is 15.9 Å². The van der Waals surface area contributed by atoms with Crippen molar-refractivity contribution in [2.24, 2.45) is 0 Å². The van der Waals surface area contributed by atoms with Crippen molar-refractivity contribution in [3.8, 4) is 0 Å². The fourth-order valence-electron chi connectivity index (χ4n) is 2.11. The molecule has 8 heteroatoms. The normalized spacial score (nSPS) is 11.3. The van der Waals surface area contributed by atoms with Crippen LogP contribution >= 0.6 is 0 Å². The molecule has 0 saturated heterocycles. The van der Waals surface area contributed by atoms with Crippen LogP contribution in [0.4, 0.5) is 8.78 Å². The summed E-state index contributed by atoms with van der Waals surface area (Å²) in [7, 11) is -2.14. The number of halogens is 2. The molecule has 0 saturated carbocycles. The highest BCUT2D eigenvalue weighted by Crippen LogP contribution is 2.13. The first-order valence-electron chi connectivity index (χ1n) is 7.03. The second kappa shape index (κ2) is 7.50. The van der Waals surface area contributed by atoms with Crippen molar-refractivity contribution in [3.05, 3.63) is 70.8 Å². The molecule has 0 fully saturated rings. The van der Waals surface area contributed by atoms with Gasteiger partial charge in [0.2, 0.25) is 10.0 Å². The summed E-state index contributed by atoms with van der Waals surface area (Å²) in [6, 6.07) is 9.23. The lowest BCUT2D eigenvalue weighted by molar-refractivity contribution is 0.0950. The quantitative estimate of drug-likeness (QED) is 0.833. The highest BCUT2D eigenvalue weighted by molar-refractivity contribution is 7.88. The SMILES string of the molecule is CNS(=O)(=O)Cc1ccccc1CNC(=O)c1cc(F)cc(F)c1. The molecule has 0 atom stereocenters. The van der Waals surface area contributed by atoms with Gasteiger partial charge in [-0.05, 0) is 30.3 Å². The minimum atomic E-state index is -3.46. The lowest BCUT2D eigenvalue weighted by Crippen LogP contribution is -2.25. The van der Waals surface area contributed by atoms with Gasteiger partial charge in [-0.15, -0.1) is 0 Å². The summed E-state index contributed by atoms with van der Waals surface area (Å²) in [5, 5.41) is 2.53. The van der Waals surface area contributed by atoms with Crippen molar-refractivity contribution in [3.63, 3.8) is 0 Å². The number of rotatable bonds is 6. The van der Waals surface area contributed by atoms with Gasteiger partial charge in [-0.25, -0.2) is 21.9 Å². The molecule has 24 heavy (non-hydrogen) atoms. The second-order valence-electron chi connectivity index (χ2n) is 5.07. The monoisotopic (exact) mass is 354 g/mol. The number of carbonyl (C=O) groups is 1. The lowest BCUT2D eigenvalue weighted by Gasteiger charge is -2.11. The summed E-state index contributed by atoms with van der Waals surface area (Å²) in [6.07, 6.45) is 0. The molecule has 1 amide bonds. The molecule has 0 unspecified atom stereocenters. The zero-order valence-corrected chi connectivity index (χ0v) is 13.7. The van der Waals surface area contributed by atoms with Crippen LogP contribution in [-0.2, 0) is 22.3 Å². The van der Waals surface area contributed by atoms with Gasteiger partial charge in [-0.2, -0.15) is 0 Å². The summed E-state index contributed by atoms with van der Waals surface area (Å²) < 4.78 is 51.9.